The Morgan fingerprint density at radius 1 is 1.28 bits per heavy atom. The fraction of sp³-hybridized carbons (Fsp3) is 0.500. The Balaban J connectivity index is 2.51. The van der Waals surface area contributed by atoms with E-state index in [1.165, 1.54) is 33.0 Å². The highest BCUT2D eigenvalue weighted by Gasteiger charge is 2.43. The maximum absolute atomic E-state index is 14.6. The second-order valence-electron chi connectivity index (χ2n) is 7.94. The lowest BCUT2D eigenvalue weighted by Crippen LogP contribution is -2.54. The Labute approximate surface area is 169 Å². The zero-order chi connectivity index (χ0) is 22.2. The summed E-state index contributed by atoms with van der Waals surface area (Å²) in [6.45, 7) is 7.70. The van der Waals surface area contributed by atoms with Crippen molar-refractivity contribution in [1.82, 2.24) is 9.62 Å². The molecule has 1 aliphatic rings. The van der Waals surface area contributed by atoms with Crippen molar-refractivity contribution in [3.8, 4) is 0 Å². The van der Waals surface area contributed by atoms with Gasteiger partial charge in [-0.2, -0.15) is 0 Å². The van der Waals surface area contributed by atoms with Gasteiger partial charge in [-0.1, -0.05) is 0 Å². The molecule has 1 aromatic carbocycles. The number of nitrogens with one attached hydrogen (secondary N) is 2. The fourth-order valence-corrected chi connectivity index (χ4v) is 4.25. The molecule has 1 aromatic rings. The number of benzene rings is 1. The Morgan fingerprint density at radius 3 is 2.45 bits per heavy atom. The number of carbonyl (C=O) groups excluding carboxylic acids is 2. The van der Waals surface area contributed by atoms with E-state index in [-0.39, 0.29) is 17.4 Å². The number of anilines is 1. The molecule has 1 aliphatic heterocycles. The van der Waals surface area contributed by atoms with Crippen molar-refractivity contribution in [3.05, 3.63) is 29.6 Å². The first kappa shape index (κ1) is 22.6. The van der Waals surface area contributed by atoms with E-state index < -0.39 is 38.8 Å². The number of nitrogens with zero attached hydrogens (tertiary/aromatic N) is 2. The normalized spacial score (nSPS) is 21.2. The third-order valence-electron chi connectivity index (χ3n) is 4.01. The number of ether oxygens (including phenoxy) is 1. The lowest BCUT2D eigenvalue weighted by Gasteiger charge is -2.36. The molecule has 0 radical (unpaired) electrons. The number of amides is 2. The van der Waals surface area contributed by atoms with Gasteiger partial charge < -0.3 is 10.1 Å². The molecule has 0 saturated carbocycles. The highest BCUT2D eigenvalue weighted by atomic mass is 32.2. The first-order valence-corrected chi connectivity index (χ1v) is 10.4. The smallest absolute Gasteiger partial charge is 0.414 e. The predicted octanol–water partition coefficient (Wildman–Crippen LogP) is 2.16. The quantitative estimate of drug-likeness (QED) is 0.749. The molecule has 1 atom stereocenters. The van der Waals surface area contributed by atoms with Gasteiger partial charge in [0.1, 0.15) is 17.0 Å². The SMILES string of the molecule is CC(=O)Nc1ccc(F)c([C@]2(C)CS(=O)(=O)N(C)C(NC(=O)OC(C)(C)C)=N2)c1. The summed E-state index contributed by atoms with van der Waals surface area (Å²) in [4.78, 5) is 27.7. The van der Waals surface area contributed by atoms with Crippen LogP contribution < -0.4 is 10.6 Å². The van der Waals surface area contributed by atoms with Crippen molar-refractivity contribution in [2.45, 2.75) is 45.8 Å². The molecule has 0 unspecified atom stereocenters. The predicted molar refractivity (Wildman–Crippen MR) is 106 cm³/mol. The average Bonchev–Trinajstić information content (AvgIpc) is 2.51. The van der Waals surface area contributed by atoms with Gasteiger partial charge in [0.15, 0.2) is 0 Å². The van der Waals surface area contributed by atoms with Crippen LogP contribution in [0.3, 0.4) is 0 Å². The Hall–Kier alpha value is -2.69. The van der Waals surface area contributed by atoms with Crippen LogP contribution in [0.1, 0.15) is 40.2 Å². The molecule has 0 saturated heterocycles. The van der Waals surface area contributed by atoms with Gasteiger partial charge in [0.05, 0.1) is 5.75 Å². The highest BCUT2D eigenvalue weighted by molar-refractivity contribution is 7.89. The lowest BCUT2D eigenvalue weighted by atomic mass is 9.93. The van der Waals surface area contributed by atoms with E-state index in [0.29, 0.717) is 5.69 Å². The van der Waals surface area contributed by atoms with E-state index in [1.54, 1.807) is 20.8 Å². The van der Waals surface area contributed by atoms with Crippen LogP contribution in [-0.4, -0.2) is 49.1 Å². The molecular formula is C18H25FN4O5S. The minimum absolute atomic E-state index is 0.0380. The molecule has 160 valence electrons. The van der Waals surface area contributed by atoms with E-state index in [4.69, 9.17) is 4.74 Å². The van der Waals surface area contributed by atoms with Crippen molar-refractivity contribution in [2.75, 3.05) is 18.1 Å². The minimum Gasteiger partial charge on any atom is -0.444 e. The van der Waals surface area contributed by atoms with Crippen molar-refractivity contribution in [3.63, 3.8) is 0 Å². The molecule has 9 nitrogen and oxygen atoms in total. The maximum Gasteiger partial charge on any atom is 0.414 e. The van der Waals surface area contributed by atoms with Gasteiger partial charge >= 0.3 is 6.09 Å². The number of halogens is 1. The number of aliphatic imine (C=N–C) groups is 1. The minimum atomic E-state index is -3.93. The molecule has 0 aliphatic carbocycles. The summed E-state index contributed by atoms with van der Waals surface area (Å²) in [5.41, 5.74) is -2.10. The van der Waals surface area contributed by atoms with Gasteiger partial charge in [0, 0.05) is 25.2 Å². The van der Waals surface area contributed by atoms with Gasteiger partial charge in [-0.15, -0.1) is 0 Å². The number of guanidine groups is 1. The number of carbonyl (C=O) groups is 2. The van der Waals surface area contributed by atoms with Crippen molar-refractivity contribution >= 4 is 33.7 Å². The molecular weight excluding hydrogens is 403 g/mol. The third-order valence-corrected chi connectivity index (χ3v) is 5.95. The average molecular weight is 428 g/mol. The van der Waals surface area contributed by atoms with E-state index in [0.717, 1.165) is 10.4 Å². The van der Waals surface area contributed by atoms with Gasteiger partial charge in [-0.05, 0) is 45.9 Å². The van der Waals surface area contributed by atoms with Crippen LogP contribution in [0.25, 0.3) is 0 Å². The van der Waals surface area contributed by atoms with Gasteiger partial charge in [0.25, 0.3) is 0 Å². The summed E-state index contributed by atoms with van der Waals surface area (Å²) in [6.07, 6.45) is -0.894. The van der Waals surface area contributed by atoms with Gasteiger partial charge in [-0.3, -0.25) is 10.1 Å². The number of hydrogen-bond acceptors (Lipinski definition) is 6. The molecule has 0 spiro atoms. The highest BCUT2D eigenvalue weighted by Crippen LogP contribution is 2.35. The molecule has 29 heavy (non-hydrogen) atoms. The van der Waals surface area contributed by atoms with Crippen LogP contribution in [0.5, 0.6) is 0 Å². The van der Waals surface area contributed by atoms with Crippen molar-refractivity contribution < 1.29 is 27.1 Å². The van der Waals surface area contributed by atoms with Crippen LogP contribution >= 0.6 is 0 Å². The lowest BCUT2D eigenvalue weighted by molar-refractivity contribution is -0.114. The zero-order valence-corrected chi connectivity index (χ0v) is 18.0. The molecule has 2 N–H and O–H groups in total. The second-order valence-corrected chi connectivity index (χ2v) is 9.94. The summed E-state index contributed by atoms with van der Waals surface area (Å²) >= 11 is 0. The summed E-state index contributed by atoms with van der Waals surface area (Å²) in [5.74, 6) is -1.88. The van der Waals surface area contributed by atoms with Crippen LogP contribution in [-0.2, 0) is 25.1 Å². The van der Waals surface area contributed by atoms with Gasteiger partial charge in [0.2, 0.25) is 21.9 Å². The van der Waals surface area contributed by atoms with Crippen LogP contribution in [0, 0.1) is 5.82 Å². The number of alkyl carbamates (subject to hydrolysis) is 1. The van der Waals surface area contributed by atoms with E-state index in [9.17, 15) is 22.4 Å². The van der Waals surface area contributed by atoms with E-state index in [1.807, 2.05) is 0 Å². The monoisotopic (exact) mass is 428 g/mol. The number of hydrogen-bond donors (Lipinski definition) is 2. The van der Waals surface area contributed by atoms with E-state index >= 15 is 0 Å². The molecule has 11 heteroatoms. The molecule has 0 bridgehead atoms. The molecule has 1 heterocycles. The first-order valence-electron chi connectivity index (χ1n) is 8.77. The second kappa shape index (κ2) is 7.62. The number of sulfonamides is 1. The fourth-order valence-electron chi connectivity index (χ4n) is 2.78. The Kier molecular flexibility index (Phi) is 5.94. The molecule has 0 aromatic heterocycles. The summed E-state index contributed by atoms with van der Waals surface area (Å²) < 4.78 is 45.9. The Bertz CT molecular complexity index is 971. The maximum atomic E-state index is 14.6. The molecule has 0 fully saturated rings. The third kappa shape index (κ3) is 5.43. The Morgan fingerprint density at radius 2 is 1.90 bits per heavy atom. The van der Waals surface area contributed by atoms with Gasteiger partial charge in [-0.25, -0.2) is 26.9 Å². The number of rotatable bonds is 2. The summed E-state index contributed by atoms with van der Waals surface area (Å²) in [5, 5.41) is 4.84. The van der Waals surface area contributed by atoms with Crippen molar-refractivity contribution in [1.29, 1.82) is 0 Å². The standard InChI is InChI=1S/C18H25FN4O5S/c1-11(24)20-12-7-8-14(19)13(9-12)18(5)10-29(26,27)23(6)15(22-18)21-16(25)28-17(2,3)4/h7-9H,10H2,1-6H3,(H,20,24)(H,21,22,25)/t18-/m0/s1. The summed E-state index contributed by atoms with van der Waals surface area (Å²) in [7, 11) is -2.70. The first-order chi connectivity index (χ1) is 13.1. The van der Waals surface area contributed by atoms with Crippen LogP contribution in [0.2, 0.25) is 0 Å². The van der Waals surface area contributed by atoms with E-state index in [2.05, 4.69) is 15.6 Å². The zero-order valence-electron chi connectivity index (χ0n) is 17.2. The topological polar surface area (TPSA) is 117 Å². The molecule has 2 amide bonds. The van der Waals surface area contributed by atoms with Crippen LogP contribution in [0.4, 0.5) is 14.9 Å². The largest absolute Gasteiger partial charge is 0.444 e. The van der Waals surface area contributed by atoms with Crippen LogP contribution in [0.15, 0.2) is 23.2 Å². The molecule has 2 rings (SSSR count). The summed E-state index contributed by atoms with van der Waals surface area (Å²) in [6, 6.07) is 3.80. The van der Waals surface area contributed by atoms with Crippen molar-refractivity contribution in [2.24, 2.45) is 4.99 Å².